The van der Waals surface area contributed by atoms with E-state index in [9.17, 15) is 9.59 Å². The highest BCUT2D eigenvalue weighted by Crippen LogP contribution is 2.54. The summed E-state index contributed by atoms with van der Waals surface area (Å²) in [5, 5.41) is 0. The Morgan fingerprint density at radius 3 is 2.42 bits per heavy atom. The van der Waals surface area contributed by atoms with Crippen molar-refractivity contribution in [2.24, 2.45) is 17.8 Å². The van der Waals surface area contributed by atoms with Crippen molar-refractivity contribution in [2.45, 2.75) is 45.2 Å². The molecular formula is C18H26N4O2. The van der Waals surface area contributed by atoms with Gasteiger partial charge < -0.3 is 14.4 Å². The van der Waals surface area contributed by atoms with Crippen LogP contribution in [0.4, 0.5) is 0 Å². The summed E-state index contributed by atoms with van der Waals surface area (Å²) >= 11 is 0. The third kappa shape index (κ3) is 2.34. The standard InChI is InChI=1S/C18H26N4O2/c1-11(2)22-9-14(19-10-22)16(23)21-7-12-13(8-21)15(12)17(24)20(4)18(3)5-6-18/h9-13,15H,5-8H2,1-4H3. The van der Waals surface area contributed by atoms with Crippen LogP contribution in [0.2, 0.25) is 0 Å². The zero-order valence-electron chi connectivity index (χ0n) is 14.9. The van der Waals surface area contributed by atoms with Crippen LogP contribution < -0.4 is 0 Å². The maximum Gasteiger partial charge on any atom is 0.274 e. The molecule has 0 bridgehead atoms. The molecule has 6 nitrogen and oxygen atoms in total. The first-order valence-corrected chi connectivity index (χ1v) is 8.92. The van der Waals surface area contributed by atoms with Gasteiger partial charge in [-0.2, -0.15) is 0 Å². The van der Waals surface area contributed by atoms with Crippen LogP contribution in [0, 0.1) is 17.8 Å². The maximum atomic E-state index is 12.6. The lowest BCUT2D eigenvalue weighted by molar-refractivity contribution is -0.134. The largest absolute Gasteiger partial charge is 0.340 e. The number of piperidine rings is 1. The summed E-state index contributed by atoms with van der Waals surface area (Å²) in [5.41, 5.74) is 0.600. The number of imidazole rings is 1. The number of carbonyl (C=O) groups excluding carboxylic acids is 2. The molecular weight excluding hydrogens is 304 g/mol. The molecule has 6 heteroatoms. The van der Waals surface area contributed by atoms with Crippen molar-refractivity contribution in [2.75, 3.05) is 20.1 Å². The highest BCUT2D eigenvalue weighted by Gasteiger charge is 2.62. The number of hydrogen-bond donors (Lipinski definition) is 0. The Kier molecular flexibility index (Phi) is 3.31. The van der Waals surface area contributed by atoms with Gasteiger partial charge in [0.1, 0.15) is 5.69 Å². The quantitative estimate of drug-likeness (QED) is 0.846. The van der Waals surface area contributed by atoms with E-state index in [1.807, 2.05) is 27.6 Å². The SMILES string of the molecule is CC(C)n1cnc(C(=O)N2CC3C(C2)C3C(=O)N(C)C2(C)CC2)c1. The second-order valence-corrected chi connectivity index (χ2v) is 8.26. The summed E-state index contributed by atoms with van der Waals surface area (Å²) in [4.78, 5) is 33.3. The van der Waals surface area contributed by atoms with Crippen molar-refractivity contribution < 1.29 is 9.59 Å². The van der Waals surface area contributed by atoms with E-state index in [0.29, 0.717) is 36.7 Å². The van der Waals surface area contributed by atoms with E-state index in [1.165, 1.54) is 0 Å². The van der Waals surface area contributed by atoms with Crippen LogP contribution in [0.25, 0.3) is 0 Å². The van der Waals surface area contributed by atoms with E-state index in [1.54, 1.807) is 6.33 Å². The number of aromatic nitrogens is 2. The molecule has 1 saturated heterocycles. The van der Waals surface area contributed by atoms with Crippen LogP contribution in [0.5, 0.6) is 0 Å². The second-order valence-electron chi connectivity index (χ2n) is 8.26. The minimum absolute atomic E-state index is 0.00434. The van der Waals surface area contributed by atoms with Gasteiger partial charge in [0.25, 0.3) is 5.91 Å². The maximum absolute atomic E-state index is 12.6. The average Bonchev–Trinajstić information content (AvgIpc) is 3.29. The fraction of sp³-hybridized carbons (Fsp3) is 0.722. The van der Waals surface area contributed by atoms with Crippen molar-refractivity contribution in [1.29, 1.82) is 0 Å². The number of amides is 2. The third-order valence-electron chi connectivity index (χ3n) is 6.30. The Labute approximate surface area is 142 Å². The van der Waals surface area contributed by atoms with Crippen LogP contribution in [-0.4, -0.2) is 56.8 Å². The first-order valence-electron chi connectivity index (χ1n) is 8.92. The first-order chi connectivity index (χ1) is 11.3. The molecule has 24 heavy (non-hydrogen) atoms. The molecule has 1 aromatic rings. The summed E-state index contributed by atoms with van der Waals surface area (Å²) in [6.07, 6.45) is 5.76. The number of rotatable bonds is 4. The van der Waals surface area contributed by atoms with Crippen LogP contribution in [-0.2, 0) is 4.79 Å². The van der Waals surface area contributed by atoms with Gasteiger partial charge in [-0.1, -0.05) is 0 Å². The average molecular weight is 330 g/mol. The first kappa shape index (κ1) is 15.7. The van der Waals surface area contributed by atoms with Crippen molar-refractivity contribution >= 4 is 11.8 Å². The zero-order chi connectivity index (χ0) is 17.2. The van der Waals surface area contributed by atoms with Gasteiger partial charge in [-0.25, -0.2) is 4.98 Å². The summed E-state index contributed by atoms with van der Waals surface area (Å²) in [7, 11) is 1.94. The van der Waals surface area contributed by atoms with Crippen molar-refractivity contribution in [3.05, 3.63) is 18.2 Å². The van der Waals surface area contributed by atoms with E-state index in [0.717, 1.165) is 12.8 Å². The molecule has 2 amide bonds. The molecule has 0 N–H and O–H groups in total. The minimum Gasteiger partial charge on any atom is -0.340 e. The molecule has 0 spiro atoms. The van der Waals surface area contributed by atoms with Gasteiger partial charge in [-0.05, 0) is 45.4 Å². The molecule has 4 rings (SSSR count). The zero-order valence-corrected chi connectivity index (χ0v) is 14.9. The van der Waals surface area contributed by atoms with E-state index in [2.05, 4.69) is 25.8 Å². The Morgan fingerprint density at radius 1 is 1.29 bits per heavy atom. The van der Waals surface area contributed by atoms with Crippen molar-refractivity contribution in [1.82, 2.24) is 19.4 Å². The van der Waals surface area contributed by atoms with E-state index in [4.69, 9.17) is 0 Å². The lowest BCUT2D eigenvalue weighted by atomic mass is 10.2. The highest BCUT2D eigenvalue weighted by atomic mass is 16.2. The lowest BCUT2D eigenvalue weighted by Gasteiger charge is -2.26. The monoisotopic (exact) mass is 330 g/mol. The topological polar surface area (TPSA) is 58.4 Å². The molecule has 2 atom stereocenters. The molecule has 130 valence electrons. The van der Waals surface area contributed by atoms with Gasteiger partial charge in [-0.15, -0.1) is 0 Å². The summed E-state index contributed by atoms with van der Waals surface area (Å²) in [5.74, 6) is 1.10. The van der Waals surface area contributed by atoms with Crippen molar-refractivity contribution in [3.8, 4) is 0 Å². The number of fused-ring (bicyclic) bond motifs is 1. The van der Waals surface area contributed by atoms with Gasteiger partial charge in [-0.3, -0.25) is 9.59 Å². The Hall–Kier alpha value is -1.85. The molecule has 2 heterocycles. The highest BCUT2D eigenvalue weighted by molar-refractivity contribution is 5.93. The smallest absolute Gasteiger partial charge is 0.274 e. The molecule has 3 aliphatic rings. The minimum atomic E-state index is -0.00434. The Balaban J connectivity index is 1.36. The van der Waals surface area contributed by atoms with Crippen LogP contribution >= 0.6 is 0 Å². The molecule has 1 aliphatic heterocycles. The van der Waals surface area contributed by atoms with Gasteiger partial charge in [0.2, 0.25) is 5.91 Å². The summed E-state index contributed by atoms with van der Waals surface area (Å²) in [6.45, 7) is 7.67. The normalized spacial score (nSPS) is 29.5. The van der Waals surface area contributed by atoms with Gasteiger partial charge >= 0.3 is 0 Å². The van der Waals surface area contributed by atoms with E-state index in [-0.39, 0.29) is 23.3 Å². The van der Waals surface area contributed by atoms with Gasteiger partial charge in [0, 0.05) is 43.8 Å². The van der Waals surface area contributed by atoms with E-state index >= 15 is 0 Å². The molecule has 2 aliphatic carbocycles. The van der Waals surface area contributed by atoms with Crippen LogP contribution in [0.15, 0.2) is 12.5 Å². The van der Waals surface area contributed by atoms with E-state index < -0.39 is 0 Å². The predicted molar refractivity (Wildman–Crippen MR) is 89.4 cm³/mol. The van der Waals surface area contributed by atoms with Crippen LogP contribution in [0.1, 0.15) is 50.1 Å². The fourth-order valence-corrected chi connectivity index (χ4v) is 3.96. The lowest BCUT2D eigenvalue weighted by Crippen LogP contribution is -2.40. The second kappa shape index (κ2) is 5.07. The fourth-order valence-electron chi connectivity index (χ4n) is 3.96. The predicted octanol–water partition coefficient (Wildman–Crippen LogP) is 1.79. The third-order valence-corrected chi connectivity index (χ3v) is 6.30. The molecule has 0 radical (unpaired) electrons. The van der Waals surface area contributed by atoms with Gasteiger partial charge in [0.15, 0.2) is 0 Å². The molecule has 1 aromatic heterocycles. The number of hydrogen-bond acceptors (Lipinski definition) is 3. The number of likely N-dealkylation sites (tertiary alicyclic amines) is 1. The molecule has 2 saturated carbocycles. The summed E-state index contributed by atoms with van der Waals surface area (Å²) < 4.78 is 1.95. The van der Waals surface area contributed by atoms with Crippen molar-refractivity contribution in [3.63, 3.8) is 0 Å². The molecule has 0 aromatic carbocycles. The molecule has 2 unspecified atom stereocenters. The van der Waals surface area contributed by atoms with Crippen LogP contribution in [0.3, 0.4) is 0 Å². The Morgan fingerprint density at radius 2 is 1.92 bits per heavy atom. The Bertz CT molecular complexity index is 679. The number of carbonyl (C=O) groups is 2. The molecule has 3 fully saturated rings. The summed E-state index contributed by atoms with van der Waals surface area (Å²) in [6, 6.07) is 0.298. The number of nitrogens with zero attached hydrogens (tertiary/aromatic N) is 4. The van der Waals surface area contributed by atoms with Gasteiger partial charge in [0.05, 0.1) is 6.33 Å².